The van der Waals surface area contributed by atoms with Crippen LogP contribution >= 0.6 is 11.8 Å². The van der Waals surface area contributed by atoms with Crippen molar-refractivity contribution in [3.63, 3.8) is 0 Å². The molecule has 1 atom stereocenters. The number of benzene rings is 1. The molecule has 3 rings (SSSR count). The molecule has 0 spiro atoms. The molecule has 0 radical (unpaired) electrons. The molecule has 0 aliphatic carbocycles. The van der Waals surface area contributed by atoms with E-state index in [4.69, 9.17) is 15.2 Å². The molecule has 19 heavy (non-hydrogen) atoms. The molecule has 0 saturated carbocycles. The first-order valence-electron chi connectivity index (χ1n) is 5.88. The molecule has 1 aliphatic rings. The van der Waals surface area contributed by atoms with E-state index >= 15 is 0 Å². The number of thioether (sulfide) groups is 1. The number of aromatic nitrogens is 2. The number of hydrogen-bond acceptors (Lipinski definition) is 6. The molecule has 1 aliphatic heterocycles. The van der Waals surface area contributed by atoms with Crippen LogP contribution in [0.5, 0.6) is 11.5 Å². The molecule has 2 N–H and O–H groups in total. The Labute approximate surface area is 115 Å². The van der Waals surface area contributed by atoms with E-state index in [0.29, 0.717) is 5.75 Å². The van der Waals surface area contributed by atoms with E-state index in [1.165, 1.54) is 11.8 Å². The van der Waals surface area contributed by atoms with Gasteiger partial charge in [0.05, 0.1) is 0 Å². The smallest absolute Gasteiger partial charge is 0.231 e. The zero-order chi connectivity index (χ0) is 13.1. The van der Waals surface area contributed by atoms with Gasteiger partial charge in [0.1, 0.15) is 0 Å². The molecule has 1 aromatic carbocycles. The van der Waals surface area contributed by atoms with Crippen molar-refractivity contribution in [2.45, 2.75) is 11.2 Å². The third-order valence-electron chi connectivity index (χ3n) is 2.76. The quantitative estimate of drug-likeness (QED) is 0.680. The van der Waals surface area contributed by atoms with Crippen molar-refractivity contribution in [1.82, 2.24) is 9.97 Å². The lowest BCUT2D eigenvalue weighted by Crippen LogP contribution is -2.13. The van der Waals surface area contributed by atoms with Gasteiger partial charge in [-0.05, 0) is 23.8 Å². The highest BCUT2D eigenvalue weighted by atomic mass is 32.2. The monoisotopic (exact) mass is 275 g/mol. The van der Waals surface area contributed by atoms with Crippen molar-refractivity contribution in [3.05, 3.63) is 42.2 Å². The molecular weight excluding hydrogens is 262 g/mol. The van der Waals surface area contributed by atoms with Crippen molar-refractivity contribution < 1.29 is 9.47 Å². The zero-order valence-corrected chi connectivity index (χ0v) is 11.0. The molecule has 6 heteroatoms. The van der Waals surface area contributed by atoms with E-state index in [9.17, 15) is 0 Å². The maximum absolute atomic E-state index is 6.16. The Bertz CT molecular complexity index is 565. The van der Waals surface area contributed by atoms with Gasteiger partial charge >= 0.3 is 0 Å². The Morgan fingerprint density at radius 1 is 1.21 bits per heavy atom. The normalized spacial score (nSPS) is 14.4. The van der Waals surface area contributed by atoms with Gasteiger partial charge in [-0.25, -0.2) is 9.97 Å². The summed E-state index contributed by atoms with van der Waals surface area (Å²) in [6.07, 6.45) is 3.45. The Hall–Kier alpha value is -1.79. The number of fused-ring (bicyclic) bond motifs is 1. The minimum atomic E-state index is -0.0942. The minimum Gasteiger partial charge on any atom is -0.454 e. The van der Waals surface area contributed by atoms with E-state index in [0.717, 1.165) is 22.2 Å². The Morgan fingerprint density at radius 3 is 2.84 bits per heavy atom. The summed E-state index contributed by atoms with van der Waals surface area (Å²) >= 11 is 1.54. The summed E-state index contributed by atoms with van der Waals surface area (Å²) < 4.78 is 10.6. The molecule has 0 saturated heterocycles. The highest BCUT2D eigenvalue weighted by Crippen LogP contribution is 2.34. The van der Waals surface area contributed by atoms with Gasteiger partial charge in [0.15, 0.2) is 16.7 Å². The number of nitrogens with two attached hydrogens (primary N) is 1. The lowest BCUT2D eigenvalue weighted by atomic mass is 10.1. The van der Waals surface area contributed by atoms with E-state index in [-0.39, 0.29) is 12.8 Å². The predicted molar refractivity (Wildman–Crippen MR) is 72.2 cm³/mol. The first kappa shape index (κ1) is 12.3. The molecule has 2 heterocycles. The first-order valence-corrected chi connectivity index (χ1v) is 6.86. The van der Waals surface area contributed by atoms with Crippen LogP contribution in [-0.2, 0) is 0 Å². The molecule has 98 valence electrons. The van der Waals surface area contributed by atoms with Gasteiger partial charge in [0.2, 0.25) is 6.79 Å². The summed E-state index contributed by atoms with van der Waals surface area (Å²) in [6, 6.07) is 7.48. The van der Waals surface area contributed by atoms with E-state index in [1.807, 2.05) is 18.2 Å². The lowest BCUT2D eigenvalue weighted by Gasteiger charge is -2.11. The molecule has 1 aromatic heterocycles. The average Bonchev–Trinajstić information content (AvgIpc) is 2.93. The summed E-state index contributed by atoms with van der Waals surface area (Å²) in [5.41, 5.74) is 7.19. The minimum absolute atomic E-state index is 0.0942. The fraction of sp³-hybridized carbons (Fsp3) is 0.231. The van der Waals surface area contributed by atoms with Crippen LogP contribution in [0.1, 0.15) is 11.6 Å². The zero-order valence-electron chi connectivity index (χ0n) is 10.2. The highest BCUT2D eigenvalue weighted by Gasteiger charge is 2.16. The molecular formula is C13H13N3O2S. The number of hydrogen-bond donors (Lipinski definition) is 1. The van der Waals surface area contributed by atoms with Crippen LogP contribution in [0.3, 0.4) is 0 Å². The van der Waals surface area contributed by atoms with E-state index in [2.05, 4.69) is 9.97 Å². The van der Waals surface area contributed by atoms with Crippen molar-refractivity contribution in [2.24, 2.45) is 5.73 Å². The fourth-order valence-corrected chi connectivity index (χ4v) is 2.56. The lowest BCUT2D eigenvalue weighted by molar-refractivity contribution is 0.174. The Balaban J connectivity index is 1.65. The van der Waals surface area contributed by atoms with Gasteiger partial charge in [0.25, 0.3) is 0 Å². The van der Waals surface area contributed by atoms with Crippen molar-refractivity contribution >= 4 is 11.8 Å². The van der Waals surface area contributed by atoms with Gasteiger partial charge in [-0.15, -0.1) is 0 Å². The molecule has 0 bridgehead atoms. The summed E-state index contributed by atoms with van der Waals surface area (Å²) in [7, 11) is 0. The maximum atomic E-state index is 6.16. The van der Waals surface area contributed by atoms with Gasteiger partial charge in [-0.3, -0.25) is 0 Å². The molecule has 1 unspecified atom stereocenters. The fourth-order valence-electron chi connectivity index (χ4n) is 1.76. The third-order valence-corrected chi connectivity index (χ3v) is 3.75. The molecule has 2 aromatic rings. The van der Waals surface area contributed by atoms with Crippen molar-refractivity contribution in [3.8, 4) is 11.5 Å². The molecule has 5 nitrogen and oxygen atoms in total. The summed E-state index contributed by atoms with van der Waals surface area (Å²) in [5, 5.41) is 0.735. The third kappa shape index (κ3) is 2.80. The first-order chi connectivity index (χ1) is 9.33. The maximum Gasteiger partial charge on any atom is 0.231 e. The van der Waals surface area contributed by atoms with Crippen LogP contribution in [-0.4, -0.2) is 22.5 Å². The average molecular weight is 275 g/mol. The van der Waals surface area contributed by atoms with Crippen molar-refractivity contribution in [1.29, 1.82) is 0 Å². The molecule has 0 fully saturated rings. The Morgan fingerprint density at radius 2 is 2.00 bits per heavy atom. The van der Waals surface area contributed by atoms with Crippen LogP contribution in [0.15, 0.2) is 41.8 Å². The van der Waals surface area contributed by atoms with Crippen LogP contribution in [0, 0.1) is 0 Å². The number of ether oxygens (including phenoxy) is 2. The van der Waals surface area contributed by atoms with Gasteiger partial charge in [-0.1, -0.05) is 17.8 Å². The Kier molecular flexibility index (Phi) is 3.52. The van der Waals surface area contributed by atoms with Crippen LogP contribution in [0.25, 0.3) is 0 Å². The van der Waals surface area contributed by atoms with Crippen molar-refractivity contribution in [2.75, 3.05) is 12.5 Å². The van der Waals surface area contributed by atoms with Crippen LogP contribution in [0.4, 0.5) is 0 Å². The predicted octanol–water partition coefficient (Wildman–Crippen LogP) is 2.00. The summed E-state index contributed by atoms with van der Waals surface area (Å²) in [4.78, 5) is 8.31. The van der Waals surface area contributed by atoms with E-state index < -0.39 is 0 Å². The van der Waals surface area contributed by atoms with E-state index in [1.54, 1.807) is 18.5 Å². The topological polar surface area (TPSA) is 70.3 Å². The second kappa shape index (κ2) is 5.46. The second-order valence-electron chi connectivity index (χ2n) is 4.06. The SMILES string of the molecule is NC(CSc1ncccn1)c1ccc2c(c1)OCO2. The van der Waals surface area contributed by atoms with Gasteiger partial charge in [0, 0.05) is 24.2 Å². The standard InChI is InChI=1S/C13H13N3O2S/c14-10(7-19-13-15-4-1-5-16-13)9-2-3-11-12(6-9)18-8-17-11/h1-6,10H,7-8,14H2. The number of rotatable bonds is 4. The van der Waals surface area contributed by atoms with Crippen LogP contribution in [0.2, 0.25) is 0 Å². The summed E-state index contributed by atoms with van der Waals surface area (Å²) in [5.74, 6) is 2.24. The van der Waals surface area contributed by atoms with Crippen LogP contribution < -0.4 is 15.2 Å². The largest absolute Gasteiger partial charge is 0.454 e. The second-order valence-corrected chi connectivity index (χ2v) is 5.05. The molecule has 0 amide bonds. The highest BCUT2D eigenvalue weighted by molar-refractivity contribution is 7.99. The summed E-state index contributed by atoms with van der Waals surface area (Å²) in [6.45, 7) is 0.278. The van der Waals surface area contributed by atoms with Gasteiger partial charge in [-0.2, -0.15) is 0 Å². The van der Waals surface area contributed by atoms with Gasteiger partial charge < -0.3 is 15.2 Å². The number of nitrogens with zero attached hydrogens (tertiary/aromatic N) is 2.